The van der Waals surface area contributed by atoms with E-state index in [0.29, 0.717) is 0 Å². The predicted molar refractivity (Wildman–Crippen MR) is 102 cm³/mol. The van der Waals surface area contributed by atoms with Crippen molar-refractivity contribution in [1.82, 2.24) is 0 Å². The van der Waals surface area contributed by atoms with Crippen LogP contribution in [-0.2, 0) is 9.59 Å². The highest BCUT2D eigenvalue weighted by atomic mass is 16.3. The van der Waals surface area contributed by atoms with Gasteiger partial charge in [-0.05, 0) is 40.0 Å². The fraction of sp³-hybridized carbons (Fsp3) is 0.524. The van der Waals surface area contributed by atoms with Crippen LogP contribution in [0.4, 0.5) is 0 Å². The van der Waals surface area contributed by atoms with Gasteiger partial charge in [0.15, 0.2) is 11.4 Å². The minimum atomic E-state index is -2.24. The molecule has 0 fully saturated rings. The second-order valence-corrected chi connectivity index (χ2v) is 7.73. The standard InChI is InChI=1S/C21H30O5/c1-12(2)7-8-15-18(23)17(16(22)11-14(5)6)20(25)21(26,19(15)24)10-9-13(3)4/h7,9,14,23-24,26H,8,10-11H2,1-6H3/t21-/m0/s1. The first-order chi connectivity index (χ1) is 11.9. The van der Waals surface area contributed by atoms with Crippen LogP contribution in [0, 0.1) is 5.92 Å². The summed E-state index contributed by atoms with van der Waals surface area (Å²) in [5, 5.41) is 32.1. The molecular weight excluding hydrogens is 332 g/mol. The summed E-state index contributed by atoms with van der Waals surface area (Å²) >= 11 is 0. The maximum atomic E-state index is 12.9. The molecule has 0 saturated heterocycles. The van der Waals surface area contributed by atoms with Crippen LogP contribution in [0.2, 0.25) is 0 Å². The Hall–Kier alpha value is -2.14. The molecule has 5 nitrogen and oxygen atoms in total. The number of hydrogen-bond donors (Lipinski definition) is 3. The third-order valence-corrected chi connectivity index (χ3v) is 4.20. The van der Waals surface area contributed by atoms with E-state index in [1.165, 1.54) is 0 Å². The quantitative estimate of drug-likeness (QED) is 0.465. The average molecular weight is 362 g/mol. The zero-order valence-corrected chi connectivity index (χ0v) is 16.5. The van der Waals surface area contributed by atoms with E-state index in [0.717, 1.165) is 11.1 Å². The van der Waals surface area contributed by atoms with E-state index in [1.54, 1.807) is 26.0 Å². The van der Waals surface area contributed by atoms with Crippen molar-refractivity contribution in [3.05, 3.63) is 46.0 Å². The second-order valence-electron chi connectivity index (χ2n) is 7.73. The van der Waals surface area contributed by atoms with Gasteiger partial charge in [0, 0.05) is 18.4 Å². The van der Waals surface area contributed by atoms with Crippen LogP contribution in [0.1, 0.15) is 60.8 Å². The molecule has 0 bridgehead atoms. The summed E-state index contributed by atoms with van der Waals surface area (Å²) in [5.41, 5.74) is -0.839. The van der Waals surface area contributed by atoms with E-state index in [-0.39, 0.29) is 30.8 Å². The molecule has 0 amide bonds. The highest BCUT2D eigenvalue weighted by Gasteiger charge is 2.49. The van der Waals surface area contributed by atoms with Crippen LogP contribution in [-0.4, -0.2) is 32.5 Å². The van der Waals surface area contributed by atoms with Crippen molar-refractivity contribution in [2.24, 2.45) is 5.92 Å². The van der Waals surface area contributed by atoms with Gasteiger partial charge in [0.05, 0.1) is 0 Å². The number of allylic oxidation sites excluding steroid dienone is 4. The molecule has 1 aliphatic rings. The smallest absolute Gasteiger partial charge is 0.209 e. The summed E-state index contributed by atoms with van der Waals surface area (Å²) in [6.45, 7) is 11.0. The largest absolute Gasteiger partial charge is 0.508 e. The van der Waals surface area contributed by atoms with E-state index in [9.17, 15) is 24.9 Å². The van der Waals surface area contributed by atoms with Crippen molar-refractivity contribution < 1.29 is 24.9 Å². The number of rotatable bonds is 7. The maximum absolute atomic E-state index is 12.9. The van der Waals surface area contributed by atoms with Crippen molar-refractivity contribution in [3.8, 4) is 0 Å². The Morgan fingerprint density at radius 1 is 1.08 bits per heavy atom. The van der Waals surface area contributed by atoms with Gasteiger partial charge >= 0.3 is 0 Å². The van der Waals surface area contributed by atoms with Gasteiger partial charge in [0.25, 0.3) is 0 Å². The van der Waals surface area contributed by atoms with Crippen LogP contribution < -0.4 is 0 Å². The van der Waals surface area contributed by atoms with Crippen molar-refractivity contribution in [2.75, 3.05) is 0 Å². The Morgan fingerprint density at radius 3 is 2.08 bits per heavy atom. The summed E-state index contributed by atoms with van der Waals surface area (Å²) < 4.78 is 0. The number of carbonyl (C=O) groups excluding carboxylic acids is 2. The molecule has 0 aromatic heterocycles. The fourth-order valence-corrected chi connectivity index (χ4v) is 2.71. The van der Waals surface area contributed by atoms with Crippen molar-refractivity contribution in [2.45, 2.75) is 66.4 Å². The molecule has 0 aromatic carbocycles. The van der Waals surface area contributed by atoms with Crippen LogP contribution in [0.25, 0.3) is 0 Å². The van der Waals surface area contributed by atoms with E-state index >= 15 is 0 Å². The highest BCUT2D eigenvalue weighted by Crippen LogP contribution is 2.38. The lowest BCUT2D eigenvalue weighted by Gasteiger charge is -2.32. The lowest BCUT2D eigenvalue weighted by atomic mass is 9.76. The minimum Gasteiger partial charge on any atom is -0.508 e. The van der Waals surface area contributed by atoms with Gasteiger partial charge in [-0.1, -0.05) is 37.1 Å². The Labute approximate surface area is 155 Å². The van der Waals surface area contributed by atoms with E-state index < -0.39 is 34.3 Å². The number of aliphatic hydroxyl groups excluding tert-OH is 2. The average Bonchev–Trinajstić information content (AvgIpc) is 2.50. The molecule has 0 aromatic rings. The van der Waals surface area contributed by atoms with Crippen molar-refractivity contribution in [1.29, 1.82) is 0 Å². The SMILES string of the molecule is CC(C)=CCC1=C(O)[C@@](O)(CC=C(C)C)C(=O)C(C(=O)CC(C)C)=C1O. The zero-order chi connectivity index (χ0) is 20.2. The van der Waals surface area contributed by atoms with E-state index in [2.05, 4.69) is 0 Å². The summed E-state index contributed by atoms with van der Waals surface area (Å²) in [6, 6.07) is 0. The lowest BCUT2D eigenvalue weighted by molar-refractivity contribution is -0.135. The van der Waals surface area contributed by atoms with Crippen LogP contribution in [0.3, 0.4) is 0 Å². The molecule has 0 heterocycles. The molecule has 0 spiro atoms. The number of Topliss-reactive ketones (excluding diaryl/α,β-unsaturated/α-hetero) is 2. The highest BCUT2D eigenvalue weighted by molar-refractivity contribution is 6.25. The zero-order valence-electron chi connectivity index (χ0n) is 16.5. The van der Waals surface area contributed by atoms with Crippen molar-refractivity contribution >= 4 is 11.6 Å². The molecule has 0 radical (unpaired) electrons. The minimum absolute atomic E-state index is 0.0118. The van der Waals surface area contributed by atoms with Gasteiger partial charge < -0.3 is 15.3 Å². The lowest BCUT2D eigenvalue weighted by Crippen LogP contribution is -2.46. The topological polar surface area (TPSA) is 94.8 Å². The monoisotopic (exact) mass is 362 g/mol. The fourth-order valence-electron chi connectivity index (χ4n) is 2.71. The first kappa shape index (κ1) is 21.9. The Bertz CT molecular complexity index is 711. The van der Waals surface area contributed by atoms with Gasteiger partial charge in [-0.15, -0.1) is 0 Å². The second kappa shape index (κ2) is 8.49. The molecule has 0 unspecified atom stereocenters. The van der Waals surface area contributed by atoms with Crippen molar-refractivity contribution in [3.63, 3.8) is 0 Å². The molecule has 1 aliphatic carbocycles. The number of hydrogen-bond acceptors (Lipinski definition) is 5. The Morgan fingerprint density at radius 2 is 1.62 bits per heavy atom. The van der Waals surface area contributed by atoms with Crippen LogP contribution in [0.15, 0.2) is 46.0 Å². The molecule has 5 heteroatoms. The summed E-state index contributed by atoms with van der Waals surface area (Å²) in [6.07, 6.45) is 3.40. The van der Waals surface area contributed by atoms with Gasteiger partial charge in [-0.2, -0.15) is 0 Å². The molecule has 0 aliphatic heterocycles. The molecule has 144 valence electrons. The Balaban J connectivity index is 3.57. The molecular formula is C21H30O5. The molecule has 0 saturated carbocycles. The van der Waals surface area contributed by atoms with Crippen LogP contribution in [0.5, 0.6) is 0 Å². The predicted octanol–water partition coefficient (Wildman–Crippen LogP) is 4.25. The summed E-state index contributed by atoms with van der Waals surface area (Å²) in [5.74, 6) is -2.60. The normalized spacial score (nSPS) is 20.5. The number of aliphatic hydroxyl groups is 3. The third kappa shape index (κ3) is 4.73. The molecule has 1 atom stereocenters. The number of carbonyl (C=O) groups is 2. The maximum Gasteiger partial charge on any atom is 0.209 e. The van der Waals surface area contributed by atoms with Gasteiger partial charge in [0.1, 0.15) is 17.1 Å². The molecule has 3 N–H and O–H groups in total. The first-order valence-electron chi connectivity index (χ1n) is 8.85. The Kier molecular flexibility index (Phi) is 7.16. The summed E-state index contributed by atoms with van der Waals surface area (Å²) in [4.78, 5) is 25.4. The van der Waals surface area contributed by atoms with Gasteiger partial charge in [-0.3, -0.25) is 9.59 Å². The van der Waals surface area contributed by atoms with E-state index in [1.807, 2.05) is 27.7 Å². The molecule has 1 rings (SSSR count). The van der Waals surface area contributed by atoms with Gasteiger partial charge in [-0.25, -0.2) is 0 Å². The van der Waals surface area contributed by atoms with Gasteiger partial charge in [0.2, 0.25) is 5.78 Å². The number of ketones is 2. The molecule has 26 heavy (non-hydrogen) atoms. The summed E-state index contributed by atoms with van der Waals surface area (Å²) in [7, 11) is 0. The first-order valence-corrected chi connectivity index (χ1v) is 8.85. The third-order valence-electron chi connectivity index (χ3n) is 4.20. The van der Waals surface area contributed by atoms with E-state index in [4.69, 9.17) is 0 Å². The van der Waals surface area contributed by atoms with Crippen LogP contribution >= 0.6 is 0 Å².